The molecule has 32 heavy (non-hydrogen) atoms. The second-order valence-electron chi connectivity index (χ2n) is 7.28. The molecule has 0 spiro atoms. The van der Waals surface area contributed by atoms with Gasteiger partial charge in [0.2, 0.25) is 5.88 Å². The Hall–Kier alpha value is -3.63. The van der Waals surface area contributed by atoms with Gasteiger partial charge in [-0.1, -0.05) is 30.3 Å². The highest BCUT2D eigenvalue weighted by Crippen LogP contribution is 2.28. The van der Waals surface area contributed by atoms with Gasteiger partial charge in [0, 0.05) is 28.8 Å². The minimum absolute atomic E-state index is 0.258. The second-order valence-corrected chi connectivity index (χ2v) is 10.9. The summed E-state index contributed by atoms with van der Waals surface area (Å²) in [6, 6.07) is 19.9. The molecule has 0 aliphatic carbocycles. The molecule has 0 aliphatic heterocycles. The number of para-hydroxylation sites is 1. The van der Waals surface area contributed by atoms with Crippen molar-refractivity contribution in [2.45, 2.75) is 9.79 Å². The molecule has 1 N–H and O–H groups in total. The lowest BCUT2D eigenvalue weighted by molar-refractivity contribution is 0.566. The molecule has 162 valence electrons. The molecule has 0 saturated carbocycles. The fourth-order valence-corrected chi connectivity index (χ4v) is 6.21. The van der Waals surface area contributed by atoms with Gasteiger partial charge in [-0.3, -0.25) is 4.72 Å². The van der Waals surface area contributed by atoms with Gasteiger partial charge >= 0.3 is 0 Å². The Morgan fingerprint density at radius 1 is 0.844 bits per heavy atom. The zero-order valence-corrected chi connectivity index (χ0v) is 18.4. The molecule has 8 nitrogen and oxygen atoms in total. The molecule has 2 aromatic heterocycles. The van der Waals surface area contributed by atoms with Crippen LogP contribution in [0.2, 0.25) is 0 Å². The molecular weight excluding hydrogens is 450 g/mol. The summed E-state index contributed by atoms with van der Waals surface area (Å²) >= 11 is 0. The molecule has 0 bridgehead atoms. The molecule has 0 saturated heterocycles. The van der Waals surface area contributed by atoms with Crippen LogP contribution in [-0.4, -0.2) is 32.9 Å². The molecule has 2 heterocycles. The van der Waals surface area contributed by atoms with Crippen LogP contribution in [0.15, 0.2) is 93.2 Å². The van der Waals surface area contributed by atoms with Crippen molar-refractivity contribution < 1.29 is 21.3 Å². The third-order valence-electron chi connectivity index (χ3n) is 4.98. The van der Waals surface area contributed by atoms with E-state index in [1.165, 1.54) is 24.3 Å². The third kappa shape index (κ3) is 3.53. The predicted octanol–water partition coefficient (Wildman–Crippen LogP) is 3.98. The number of benzene rings is 3. The molecule has 3 aromatic carbocycles. The number of rotatable bonds is 5. The average Bonchev–Trinajstić information content (AvgIpc) is 3.36. The highest BCUT2D eigenvalue weighted by molar-refractivity contribution is 7.95. The Labute approximate surface area is 184 Å². The first kappa shape index (κ1) is 20.3. The summed E-state index contributed by atoms with van der Waals surface area (Å²) in [5, 5.41) is 6.00. The van der Waals surface area contributed by atoms with E-state index >= 15 is 0 Å². The molecule has 0 atom stereocenters. The van der Waals surface area contributed by atoms with Crippen LogP contribution in [0, 0.1) is 0 Å². The van der Waals surface area contributed by atoms with Gasteiger partial charge in [0.1, 0.15) is 10.5 Å². The maximum absolute atomic E-state index is 12.9. The van der Waals surface area contributed by atoms with Crippen molar-refractivity contribution >= 4 is 47.4 Å². The molecule has 10 heteroatoms. The Bertz CT molecular complexity index is 1670. The molecular formula is C22H17N3O5S2. The number of nitrogens with zero attached hydrogens (tertiary/aromatic N) is 2. The van der Waals surface area contributed by atoms with E-state index < -0.39 is 19.9 Å². The van der Waals surface area contributed by atoms with Gasteiger partial charge in [-0.15, -0.1) is 0 Å². The van der Waals surface area contributed by atoms with Crippen LogP contribution in [-0.2, 0) is 19.9 Å². The lowest BCUT2D eigenvalue weighted by Gasteiger charge is -2.11. The quantitative estimate of drug-likeness (QED) is 0.419. The van der Waals surface area contributed by atoms with Crippen LogP contribution in [0.25, 0.3) is 27.8 Å². The topological polar surface area (TPSA) is 111 Å². The number of anilines is 1. The molecule has 0 fully saturated rings. The van der Waals surface area contributed by atoms with Crippen molar-refractivity contribution in [1.82, 2.24) is 9.78 Å². The Kier molecular flexibility index (Phi) is 4.57. The van der Waals surface area contributed by atoms with Crippen LogP contribution in [0.5, 0.6) is 0 Å². The molecule has 0 radical (unpaired) electrons. The number of fused-ring (bicyclic) bond motifs is 2. The van der Waals surface area contributed by atoms with Crippen LogP contribution >= 0.6 is 0 Å². The maximum atomic E-state index is 12.9. The van der Waals surface area contributed by atoms with Crippen LogP contribution in [0.3, 0.4) is 0 Å². The number of hydrogen-bond acceptors (Lipinski definition) is 6. The van der Waals surface area contributed by atoms with Crippen molar-refractivity contribution in [2.24, 2.45) is 0 Å². The van der Waals surface area contributed by atoms with Crippen molar-refractivity contribution in [3.05, 3.63) is 79.0 Å². The first-order chi connectivity index (χ1) is 15.2. The van der Waals surface area contributed by atoms with E-state index in [1.54, 1.807) is 29.1 Å². The predicted molar refractivity (Wildman–Crippen MR) is 121 cm³/mol. The summed E-state index contributed by atoms with van der Waals surface area (Å²) < 4.78 is 59.8. The standard InChI is InChI=1S/C22H17N3O5S2/c1-31(26,27)20-8-4-5-9-21(20)32(28,29)24-17-10-11-18-16(12-17)14-23-25(18)22-13-15-6-2-3-7-19(15)30-22/h2-14,24H,1H3. The maximum Gasteiger partial charge on any atom is 0.263 e. The Balaban J connectivity index is 1.52. The zero-order chi connectivity index (χ0) is 22.5. The minimum Gasteiger partial charge on any atom is -0.438 e. The molecule has 5 aromatic rings. The first-order valence-electron chi connectivity index (χ1n) is 9.51. The van der Waals surface area contributed by atoms with E-state index in [-0.39, 0.29) is 15.5 Å². The lowest BCUT2D eigenvalue weighted by Crippen LogP contribution is -2.16. The number of furan rings is 1. The van der Waals surface area contributed by atoms with Crippen LogP contribution in [0.1, 0.15) is 0 Å². The van der Waals surface area contributed by atoms with Crippen LogP contribution < -0.4 is 4.72 Å². The summed E-state index contributed by atoms with van der Waals surface area (Å²) in [6.07, 6.45) is 2.57. The smallest absolute Gasteiger partial charge is 0.263 e. The SMILES string of the molecule is CS(=O)(=O)c1ccccc1S(=O)(=O)Nc1ccc2c(cnn2-c2cc3ccccc3o2)c1. The number of aromatic nitrogens is 2. The van der Waals surface area contributed by atoms with E-state index in [0.717, 1.165) is 22.7 Å². The summed E-state index contributed by atoms with van der Waals surface area (Å²) in [7, 11) is -7.86. The van der Waals surface area contributed by atoms with Gasteiger partial charge in [0.15, 0.2) is 9.84 Å². The Morgan fingerprint density at radius 2 is 1.56 bits per heavy atom. The van der Waals surface area contributed by atoms with Gasteiger partial charge in [0.25, 0.3) is 10.0 Å². The number of sulfonamides is 1. The van der Waals surface area contributed by atoms with Crippen molar-refractivity contribution in [3.63, 3.8) is 0 Å². The van der Waals surface area contributed by atoms with Gasteiger partial charge in [-0.25, -0.2) is 21.5 Å². The monoisotopic (exact) mass is 467 g/mol. The van der Waals surface area contributed by atoms with Gasteiger partial charge in [0.05, 0.1) is 16.6 Å². The van der Waals surface area contributed by atoms with E-state index in [2.05, 4.69) is 9.82 Å². The van der Waals surface area contributed by atoms with Gasteiger partial charge < -0.3 is 4.42 Å². The fraction of sp³-hybridized carbons (Fsp3) is 0.0455. The average molecular weight is 468 g/mol. The van der Waals surface area contributed by atoms with Gasteiger partial charge in [-0.2, -0.15) is 5.10 Å². The van der Waals surface area contributed by atoms with Crippen LogP contribution in [0.4, 0.5) is 5.69 Å². The number of sulfone groups is 1. The minimum atomic E-state index is -4.13. The van der Waals surface area contributed by atoms with E-state index in [0.29, 0.717) is 11.3 Å². The number of hydrogen-bond donors (Lipinski definition) is 1. The fourth-order valence-electron chi connectivity index (χ4n) is 3.53. The normalized spacial score (nSPS) is 12.4. The number of nitrogens with one attached hydrogen (secondary N) is 1. The summed E-state index contributed by atoms with van der Waals surface area (Å²) in [6.45, 7) is 0. The summed E-state index contributed by atoms with van der Waals surface area (Å²) in [5.74, 6) is 0.539. The first-order valence-corrected chi connectivity index (χ1v) is 12.9. The van der Waals surface area contributed by atoms with E-state index in [9.17, 15) is 16.8 Å². The molecule has 0 aliphatic rings. The Morgan fingerprint density at radius 3 is 2.31 bits per heavy atom. The van der Waals surface area contributed by atoms with Crippen molar-refractivity contribution in [2.75, 3.05) is 11.0 Å². The summed E-state index contributed by atoms with van der Waals surface area (Å²) in [4.78, 5) is -0.563. The van der Waals surface area contributed by atoms with Crippen molar-refractivity contribution in [3.8, 4) is 5.88 Å². The largest absolute Gasteiger partial charge is 0.438 e. The molecule has 0 unspecified atom stereocenters. The van der Waals surface area contributed by atoms with Crippen molar-refractivity contribution in [1.29, 1.82) is 0 Å². The molecule has 5 rings (SSSR count). The summed E-state index contributed by atoms with van der Waals surface area (Å²) in [5.41, 5.74) is 1.74. The second kappa shape index (κ2) is 7.21. The molecule has 0 amide bonds. The zero-order valence-electron chi connectivity index (χ0n) is 16.8. The lowest BCUT2D eigenvalue weighted by atomic mass is 10.2. The van der Waals surface area contributed by atoms with Gasteiger partial charge in [-0.05, 0) is 36.4 Å². The highest BCUT2D eigenvalue weighted by atomic mass is 32.2. The highest BCUT2D eigenvalue weighted by Gasteiger charge is 2.24. The third-order valence-corrected chi connectivity index (χ3v) is 7.70. The van der Waals surface area contributed by atoms with E-state index in [4.69, 9.17) is 4.42 Å². The van der Waals surface area contributed by atoms with E-state index in [1.807, 2.05) is 30.3 Å².